The number of hydrogen-bond acceptors (Lipinski definition) is 4. The lowest BCUT2D eigenvalue weighted by molar-refractivity contribution is -0.139. The average molecular weight is 352 g/mol. The predicted molar refractivity (Wildman–Crippen MR) is 84.6 cm³/mol. The lowest BCUT2D eigenvalue weighted by atomic mass is 10.1. The van der Waals surface area contributed by atoms with Crippen molar-refractivity contribution in [1.29, 1.82) is 0 Å². The van der Waals surface area contributed by atoms with E-state index in [1.807, 2.05) is 27.7 Å². The van der Waals surface area contributed by atoms with Crippen molar-refractivity contribution in [2.75, 3.05) is 6.61 Å². The predicted octanol–water partition coefficient (Wildman–Crippen LogP) is 3.83. The molecular formula is C15H23F3N2O2S. The van der Waals surface area contributed by atoms with Gasteiger partial charge in [0.25, 0.3) is 0 Å². The summed E-state index contributed by atoms with van der Waals surface area (Å²) in [6.45, 7) is 8.70. The SMILES string of the molecule is Cc1cc([C@@H](C)N[S+]([O-])C(C)(C)C)cnc1OCCC(F)(F)F. The van der Waals surface area contributed by atoms with Crippen LogP contribution in [0.25, 0.3) is 0 Å². The third-order valence-electron chi connectivity index (χ3n) is 3.02. The fourth-order valence-electron chi connectivity index (χ4n) is 1.64. The Balaban J connectivity index is 2.68. The maximum atomic E-state index is 12.1. The number of pyridine rings is 1. The highest BCUT2D eigenvalue weighted by molar-refractivity contribution is 7.90. The normalized spacial score (nSPS) is 15.3. The van der Waals surface area contributed by atoms with Gasteiger partial charge in [-0.1, -0.05) is 0 Å². The van der Waals surface area contributed by atoms with E-state index in [0.29, 0.717) is 5.56 Å². The molecule has 1 N–H and O–H groups in total. The Morgan fingerprint density at radius 1 is 1.35 bits per heavy atom. The first-order valence-electron chi connectivity index (χ1n) is 7.24. The lowest BCUT2D eigenvalue weighted by Gasteiger charge is -2.26. The molecule has 1 unspecified atom stereocenters. The number of ether oxygens (including phenoxy) is 1. The first-order valence-corrected chi connectivity index (χ1v) is 8.39. The minimum atomic E-state index is -4.25. The molecule has 1 aromatic heterocycles. The first kappa shape index (κ1) is 20.1. The van der Waals surface area contributed by atoms with Crippen molar-refractivity contribution in [3.8, 4) is 5.88 Å². The zero-order valence-electron chi connectivity index (χ0n) is 14.0. The molecule has 1 rings (SSSR count). The van der Waals surface area contributed by atoms with Crippen molar-refractivity contribution in [2.24, 2.45) is 0 Å². The molecule has 0 radical (unpaired) electrons. The largest absolute Gasteiger partial charge is 0.598 e. The molecule has 132 valence electrons. The number of rotatable bonds is 6. The molecule has 23 heavy (non-hydrogen) atoms. The molecule has 1 heterocycles. The van der Waals surface area contributed by atoms with E-state index in [-0.39, 0.29) is 11.9 Å². The summed E-state index contributed by atoms with van der Waals surface area (Å²) >= 11 is -1.23. The summed E-state index contributed by atoms with van der Waals surface area (Å²) in [7, 11) is 0. The van der Waals surface area contributed by atoms with E-state index >= 15 is 0 Å². The van der Waals surface area contributed by atoms with Gasteiger partial charge in [0.2, 0.25) is 5.88 Å². The molecule has 1 aromatic rings. The highest BCUT2D eigenvalue weighted by Crippen LogP contribution is 2.24. The van der Waals surface area contributed by atoms with E-state index in [2.05, 4.69) is 9.71 Å². The third-order valence-corrected chi connectivity index (χ3v) is 4.70. The standard InChI is InChI=1S/C15H23F3N2O2S/c1-10-8-12(11(2)20-23(21)14(3,4)5)9-19-13(10)22-7-6-15(16,17)18/h8-9,11,20H,6-7H2,1-5H3/t11-,23?/m1/s1. The second-order valence-corrected chi connectivity index (χ2v) is 8.32. The highest BCUT2D eigenvalue weighted by atomic mass is 32.2. The van der Waals surface area contributed by atoms with Crippen LogP contribution in [0.4, 0.5) is 13.2 Å². The lowest BCUT2D eigenvalue weighted by Crippen LogP contribution is -2.40. The van der Waals surface area contributed by atoms with Gasteiger partial charge >= 0.3 is 6.18 Å². The first-order chi connectivity index (χ1) is 10.4. The Bertz CT molecular complexity index is 518. The summed E-state index contributed by atoms with van der Waals surface area (Å²) in [6, 6.07) is 1.57. The number of alkyl halides is 3. The molecule has 0 spiro atoms. The summed E-state index contributed by atoms with van der Waals surface area (Å²) in [5.74, 6) is 0.183. The fraction of sp³-hybridized carbons (Fsp3) is 0.667. The van der Waals surface area contributed by atoms with Crippen molar-refractivity contribution in [3.05, 3.63) is 23.4 Å². The van der Waals surface area contributed by atoms with Crippen LogP contribution in [0, 0.1) is 6.92 Å². The molecule has 0 aliphatic heterocycles. The molecule has 0 aromatic carbocycles. The number of nitrogens with zero attached hydrogens (tertiary/aromatic N) is 1. The summed E-state index contributed by atoms with van der Waals surface area (Å²) in [5.41, 5.74) is 1.43. The number of aromatic nitrogens is 1. The van der Waals surface area contributed by atoms with Crippen LogP contribution in [0.3, 0.4) is 0 Å². The van der Waals surface area contributed by atoms with Crippen molar-refractivity contribution < 1.29 is 22.5 Å². The van der Waals surface area contributed by atoms with Gasteiger partial charge in [-0.2, -0.15) is 13.2 Å². The molecule has 0 aliphatic rings. The van der Waals surface area contributed by atoms with Crippen LogP contribution in [-0.2, 0) is 11.4 Å². The van der Waals surface area contributed by atoms with Gasteiger partial charge in [0, 0.05) is 23.1 Å². The van der Waals surface area contributed by atoms with E-state index in [0.717, 1.165) is 5.56 Å². The molecule has 0 saturated carbocycles. The monoisotopic (exact) mass is 352 g/mol. The van der Waals surface area contributed by atoms with E-state index in [1.165, 1.54) is 6.20 Å². The molecule has 0 amide bonds. The number of hydrogen-bond donors (Lipinski definition) is 1. The molecule has 2 atom stereocenters. The maximum absolute atomic E-state index is 12.1. The van der Waals surface area contributed by atoms with Gasteiger partial charge in [-0.05, 0) is 46.2 Å². The van der Waals surface area contributed by atoms with Gasteiger partial charge in [-0.15, -0.1) is 4.72 Å². The van der Waals surface area contributed by atoms with E-state index in [9.17, 15) is 17.7 Å². The zero-order chi connectivity index (χ0) is 17.8. The Hall–Kier alpha value is -0.990. The summed E-state index contributed by atoms with van der Waals surface area (Å²) < 4.78 is 56.1. The van der Waals surface area contributed by atoms with Gasteiger partial charge < -0.3 is 9.29 Å². The molecule has 0 fully saturated rings. The van der Waals surface area contributed by atoms with E-state index in [4.69, 9.17) is 4.74 Å². The van der Waals surface area contributed by atoms with Crippen LogP contribution < -0.4 is 9.46 Å². The fourth-order valence-corrected chi connectivity index (χ4v) is 2.45. The Kier molecular flexibility index (Phi) is 6.73. The molecule has 0 saturated heterocycles. The van der Waals surface area contributed by atoms with Gasteiger partial charge in [0.05, 0.1) is 19.1 Å². The van der Waals surface area contributed by atoms with Crippen molar-refractivity contribution in [2.45, 2.75) is 58.0 Å². The summed E-state index contributed by atoms with van der Waals surface area (Å²) in [4.78, 5) is 4.06. The quantitative estimate of drug-likeness (QED) is 0.791. The second kappa shape index (κ2) is 7.72. The van der Waals surface area contributed by atoms with Crippen LogP contribution in [-0.4, -0.2) is 27.1 Å². The van der Waals surface area contributed by atoms with Crippen LogP contribution in [0.1, 0.15) is 51.3 Å². The van der Waals surface area contributed by atoms with Crippen molar-refractivity contribution in [1.82, 2.24) is 9.71 Å². The Morgan fingerprint density at radius 2 is 1.96 bits per heavy atom. The number of nitrogens with one attached hydrogen (secondary N) is 1. The molecule has 0 bridgehead atoms. The van der Waals surface area contributed by atoms with E-state index in [1.54, 1.807) is 13.0 Å². The van der Waals surface area contributed by atoms with Crippen LogP contribution in [0.5, 0.6) is 5.88 Å². The summed E-state index contributed by atoms with van der Waals surface area (Å²) in [5, 5.41) is 0. The van der Waals surface area contributed by atoms with Crippen molar-refractivity contribution >= 4 is 11.4 Å². The maximum Gasteiger partial charge on any atom is 0.392 e. The van der Waals surface area contributed by atoms with E-state index < -0.39 is 35.3 Å². The zero-order valence-corrected chi connectivity index (χ0v) is 14.8. The topological polar surface area (TPSA) is 57.2 Å². The van der Waals surface area contributed by atoms with Gasteiger partial charge in [0.15, 0.2) is 0 Å². The van der Waals surface area contributed by atoms with Gasteiger partial charge in [-0.25, -0.2) is 4.98 Å². The highest BCUT2D eigenvalue weighted by Gasteiger charge is 2.29. The Morgan fingerprint density at radius 3 is 2.43 bits per heavy atom. The third kappa shape index (κ3) is 6.97. The van der Waals surface area contributed by atoms with Crippen LogP contribution in [0.15, 0.2) is 12.3 Å². The minimum Gasteiger partial charge on any atom is -0.598 e. The minimum absolute atomic E-state index is 0.183. The molecule has 0 aliphatic carbocycles. The molecule has 4 nitrogen and oxygen atoms in total. The smallest absolute Gasteiger partial charge is 0.392 e. The Labute approximate surface area is 138 Å². The van der Waals surface area contributed by atoms with Crippen molar-refractivity contribution in [3.63, 3.8) is 0 Å². The van der Waals surface area contributed by atoms with Gasteiger partial charge in [-0.3, -0.25) is 0 Å². The average Bonchev–Trinajstić information content (AvgIpc) is 2.37. The van der Waals surface area contributed by atoms with Gasteiger partial charge in [0.1, 0.15) is 4.75 Å². The number of aryl methyl sites for hydroxylation is 1. The summed E-state index contributed by atoms with van der Waals surface area (Å²) in [6.07, 6.45) is -3.74. The number of halogens is 3. The molecular weight excluding hydrogens is 329 g/mol. The molecule has 8 heteroatoms. The van der Waals surface area contributed by atoms with Crippen LogP contribution in [0.2, 0.25) is 0 Å². The van der Waals surface area contributed by atoms with Crippen LogP contribution >= 0.6 is 0 Å². The second-order valence-electron chi connectivity index (χ2n) is 6.32.